The molecule has 2 rings (SSSR count). The standard InChI is InChI=1S/C9H9ClFN5/c10-7-3-1-2-6(9(7)11)4-12-5-8-13-15-16-14-8/h1-3,12H,4-5H2,(H,13,14,15,16). The summed E-state index contributed by atoms with van der Waals surface area (Å²) in [6.07, 6.45) is 0. The lowest BCUT2D eigenvalue weighted by Gasteiger charge is -2.04. The van der Waals surface area contributed by atoms with E-state index in [4.69, 9.17) is 11.6 Å². The number of benzene rings is 1. The molecule has 0 amide bonds. The van der Waals surface area contributed by atoms with Crippen LogP contribution < -0.4 is 5.32 Å². The minimum Gasteiger partial charge on any atom is -0.305 e. The van der Waals surface area contributed by atoms with Crippen molar-refractivity contribution in [3.05, 3.63) is 40.4 Å². The average Bonchev–Trinajstić information content (AvgIpc) is 2.77. The van der Waals surface area contributed by atoms with E-state index < -0.39 is 5.82 Å². The number of aromatic amines is 1. The second kappa shape index (κ2) is 5.00. The Kier molecular flexibility index (Phi) is 3.43. The Labute approximate surface area is 96.0 Å². The first-order chi connectivity index (χ1) is 7.77. The quantitative estimate of drug-likeness (QED) is 0.846. The lowest BCUT2D eigenvalue weighted by molar-refractivity contribution is 0.583. The van der Waals surface area contributed by atoms with Crippen molar-refractivity contribution in [3.63, 3.8) is 0 Å². The summed E-state index contributed by atoms with van der Waals surface area (Å²) < 4.78 is 13.4. The molecule has 84 valence electrons. The van der Waals surface area contributed by atoms with Gasteiger partial charge in [0.2, 0.25) is 0 Å². The van der Waals surface area contributed by atoms with Gasteiger partial charge in [-0.1, -0.05) is 28.9 Å². The van der Waals surface area contributed by atoms with Crippen molar-refractivity contribution in [3.8, 4) is 0 Å². The van der Waals surface area contributed by atoms with Gasteiger partial charge in [0.1, 0.15) is 5.82 Å². The van der Waals surface area contributed by atoms with Crippen molar-refractivity contribution in [2.24, 2.45) is 0 Å². The zero-order valence-electron chi connectivity index (χ0n) is 8.24. The first kappa shape index (κ1) is 11.0. The fourth-order valence-electron chi connectivity index (χ4n) is 1.25. The molecule has 7 heteroatoms. The molecule has 0 spiro atoms. The number of hydrogen-bond donors (Lipinski definition) is 2. The van der Waals surface area contributed by atoms with Crippen LogP contribution in [0.5, 0.6) is 0 Å². The average molecular weight is 242 g/mol. The zero-order chi connectivity index (χ0) is 11.4. The van der Waals surface area contributed by atoms with Gasteiger partial charge in [0.05, 0.1) is 11.6 Å². The Bertz CT molecular complexity index is 459. The Balaban J connectivity index is 1.92. The molecule has 0 radical (unpaired) electrons. The highest BCUT2D eigenvalue weighted by molar-refractivity contribution is 6.30. The maximum atomic E-state index is 13.4. The Morgan fingerprint density at radius 1 is 1.38 bits per heavy atom. The third-order valence-corrected chi connectivity index (χ3v) is 2.31. The number of nitrogens with zero attached hydrogens (tertiary/aromatic N) is 3. The third-order valence-electron chi connectivity index (χ3n) is 2.02. The first-order valence-corrected chi connectivity index (χ1v) is 5.01. The lowest BCUT2D eigenvalue weighted by Crippen LogP contribution is -2.14. The summed E-state index contributed by atoms with van der Waals surface area (Å²) in [6, 6.07) is 4.89. The van der Waals surface area contributed by atoms with Crippen LogP contribution in [0.4, 0.5) is 4.39 Å². The molecular weight excluding hydrogens is 233 g/mol. The number of H-pyrrole nitrogens is 1. The maximum Gasteiger partial charge on any atom is 0.188 e. The Morgan fingerprint density at radius 2 is 2.25 bits per heavy atom. The molecule has 0 aliphatic rings. The predicted octanol–water partition coefficient (Wildman–Crippen LogP) is 1.28. The van der Waals surface area contributed by atoms with Crippen LogP contribution in [0.15, 0.2) is 18.2 Å². The van der Waals surface area contributed by atoms with Gasteiger partial charge in [-0.2, -0.15) is 5.21 Å². The van der Waals surface area contributed by atoms with E-state index >= 15 is 0 Å². The summed E-state index contributed by atoms with van der Waals surface area (Å²) in [5.41, 5.74) is 0.510. The molecule has 0 atom stereocenters. The van der Waals surface area contributed by atoms with Crippen molar-refractivity contribution in [1.29, 1.82) is 0 Å². The molecule has 2 N–H and O–H groups in total. The van der Waals surface area contributed by atoms with Gasteiger partial charge in [0.15, 0.2) is 5.82 Å². The van der Waals surface area contributed by atoms with Crippen LogP contribution in [0.25, 0.3) is 0 Å². The second-order valence-corrected chi connectivity index (χ2v) is 3.55. The molecule has 0 aliphatic heterocycles. The maximum absolute atomic E-state index is 13.4. The van der Waals surface area contributed by atoms with Gasteiger partial charge in [-0.3, -0.25) is 0 Å². The van der Waals surface area contributed by atoms with Crippen LogP contribution >= 0.6 is 11.6 Å². The molecule has 0 saturated carbocycles. The van der Waals surface area contributed by atoms with Gasteiger partial charge in [-0.15, -0.1) is 10.2 Å². The number of nitrogens with one attached hydrogen (secondary N) is 2. The van der Waals surface area contributed by atoms with E-state index in [2.05, 4.69) is 25.9 Å². The molecule has 0 unspecified atom stereocenters. The van der Waals surface area contributed by atoms with Gasteiger partial charge < -0.3 is 5.32 Å². The fraction of sp³-hybridized carbons (Fsp3) is 0.222. The van der Waals surface area contributed by atoms with Crippen molar-refractivity contribution >= 4 is 11.6 Å². The van der Waals surface area contributed by atoms with Crippen LogP contribution in [-0.4, -0.2) is 20.6 Å². The fourth-order valence-corrected chi connectivity index (χ4v) is 1.45. The molecule has 0 fully saturated rings. The van der Waals surface area contributed by atoms with E-state index in [9.17, 15) is 4.39 Å². The molecule has 5 nitrogen and oxygen atoms in total. The zero-order valence-corrected chi connectivity index (χ0v) is 9.00. The van der Waals surface area contributed by atoms with E-state index in [1.54, 1.807) is 12.1 Å². The smallest absolute Gasteiger partial charge is 0.188 e. The number of hydrogen-bond acceptors (Lipinski definition) is 4. The highest BCUT2D eigenvalue weighted by atomic mass is 35.5. The van der Waals surface area contributed by atoms with Crippen LogP contribution in [0, 0.1) is 5.82 Å². The number of halogens is 2. The summed E-state index contributed by atoms with van der Waals surface area (Å²) in [5.74, 6) is 0.132. The number of tetrazole rings is 1. The predicted molar refractivity (Wildman–Crippen MR) is 56.1 cm³/mol. The van der Waals surface area contributed by atoms with Crippen molar-refractivity contribution in [2.45, 2.75) is 13.1 Å². The largest absolute Gasteiger partial charge is 0.305 e. The van der Waals surface area contributed by atoms with E-state index in [-0.39, 0.29) is 5.02 Å². The van der Waals surface area contributed by atoms with Crippen molar-refractivity contribution in [2.75, 3.05) is 0 Å². The molecular formula is C9H9ClFN5. The summed E-state index contributed by atoms with van der Waals surface area (Å²) in [5, 5.41) is 16.4. The van der Waals surface area contributed by atoms with Crippen LogP contribution in [0.3, 0.4) is 0 Å². The first-order valence-electron chi connectivity index (χ1n) is 4.63. The summed E-state index contributed by atoms with van der Waals surface area (Å²) in [6.45, 7) is 0.781. The summed E-state index contributed by atoms with van der Waals surface area (Å²) in [4.78, 5) is 0. The Hall–Kier alpha value is -1.53. The summed E-state index contributed by atoms with van der Waals surface area (Å²) in [7, 11) is 0. The molecule has 0 bridgehead atoms. The minimum absolute atomic E-state index is 0.124. The van der Waals surface area contributed by atoms with Crippen LogP contribution in [0.2, 0.25) is 5.02 Å². The van der Waals surface area contributed by atoms with E-state index in [1.165, 1.54) is 6.07 Å². The normalized spacial score (nSPS) is 10.6. The molecule has 16 heavy (non-hydrogen) atoms. The number of rotatable bonds is 4. The highest BCUT2D eigenvalue weighted by Gasteiger charge is 2.05. The molecule has 1 heterocycles. The monoisotopic (exact) mass is 241 g/mol. The van der Waals surface area contributed by atoms with Crippen LogP contribution in [0.1, 0.15) is 11.4 Å². The van der Waals surface area contributed by atoms with Gasteiger partial charge in [-0.05, 0) is 6.07 Å². The van der Waals surface area contributed by atoms with E-state index in [0.29, 0.717) is 24.5 Å². The second-order valence-electron chi connectivity index (χ2n) is 3.14. The Morgan fingerprint density at radius 3 is 3.00 bits per heavy atom. The molecule has 1 aromatic carbocycles. The van der Waals surface area contributed by atoms with E-state index in [0.717, 1.165) is 0 Å². The van der Waals surface area contributed by atoms with Gasteiger partial charge in [0, 0.05) is 12.1 Å². The topological polar surface area (TPSA) is 66.5 Å². The van der Waals surface area contributed by atoms with E-state index in [1.807, 2.05) is 0 Å². The highest BCUT2D eigenvalue weighted by Crippen LogP contribution is 2.17. The number of aromatic nitrogens is 4. The molecule has 0 aliphatic carbocycles. The van der Waals surface area contributed by atoms with Gasteiger partial charge >= 0.3 is 0 Å². The van der Waals surface area contributed by atoms with Crippen molar-refractivity contribution in [1.82, 2.24) is 25.9 Å². The lowest BCUT2D eigenvalue weighted by atomic mass is 10.2. The molecule has 0 saturated heterocycles. The third kappa shape index (κ3) is 2.53. The van der Waals surface area contributed by atoms with Gasteiger partial charge in [-0.25, -0.2) is 4.39 Å². The molecule has 2 aromatic rings. The summed E-state index contributed by atoms with van der Waals surface area (Å²) >= 11 is 5.65. The molecule has 1 aromatic heterocycles. The van der Waals surface area contributed by atoms with Crippen molar-refractivity contribution < 1.29 is 4.39 Å². The van der Waals surface area contributed by atoms with Gasteiger partial charge in [0.25, 0.3) is 0 Å². The SMILES string of the molecule is Fc1c(Cl)cccc1CNCc1nn[nH]n1. The minimum atomic E-state index is -0.398. The van der Waals surface area contributed by atoms with Crippen LogP contribution in [-0.2, 0) is 13.1 Å².